The zero-order chi connectivity index (χ0) is 13.5. The molecule has 1 N–H and O–H groups in total. The average Bonchev–Trinajstić information content (AvgIpc) is 2.31. The van der Waals surface area contributed by atoms with Crippen LogP contribution in [0.15, 0.2) is 24.3 Å². The highest BCUT2D eigenvalue weighted by Gasteiger charge is 2.16. The molecule has 1 aromatic carbocycles. The van der Waals surface area contributed by atoms with Gasteiger partial charge in [-0.3, -0.25) is 9.59 Å². The van der Waals surface area contributed by atoms with Crippen molar-refractivity contribution in [3.8, 4) is 0 Å². The maximum absolute atomic E-state index is 12.1. The van der Waals surface area contributed by atoms with Gasteiger partial charge in [0.25, 0.3) is 0 Å². The number of carbonyl (C=O) groups is 2. The van der Waals surface area contributed by atoms with Gasteiger partial charge in [0.15, 0.2) is 0 Å². The van der Waals surface area contributed by atoms with Crippen molar-refractivity contribution >= 4 is 11.9 Å². The minimum atomic E-state index is -0.971. The van der Waals surface area contributed by atoms with E-state index in [9.17, 15) is 9.59 Å². The number of benzene rings is 1. The predicted molar refractivity (Wildman–Crippen MR) is 69.4 cm³/mol. The van der Waals surface area contributed by atoms with Crippen LogP contribution in [-0.4, -0.2) is 35.0 Å². The monoisotopic (exact) mass is 249 g/mol. The Balaban J connectivity index is 2.72. The summed E-state index contributed by atoms with van der Waals surface area (Å²) in [6.45, 7) is 4.13. The molecule has 0 bridgehead atoms. The Morgan fingerprint density at radius 2 is 1.94 bits per heavy atom. The van der Waals surface area contributed by atoms with Gasteiger partial charge in [-0.2, -0.15) is 0 Å². The summed E-state index contributed by atoms with van der Waals surface area (Å²) in [6.07, 6.45) is 1.02. The summed E-state index contributed by atoms with van der Waals surface area (Å²) >= 11 is 0. The minimum absolute atomic E-state index is 0.131. The molecule has 0 fully saturated rings. The number of carboxylic acids is 1. The van der Waals surface area contributed by atoms with Gasteiger partial charge in [-0.1, -0.05) is 31.2 Å². The molecule has 1 aromatic rings. The highest BCUT2D eigenvalue weighted by Crippen LogP contribution is 2.09. The van der Waals surface area contributed by atoms with Crippen LogP contribution in [0, 0.1) is 6.92 Å². The zero-order valence-corrected chi connectivity index (χ0v) is 10.8. The van der Waals surface area contributed by atoms with Crippen LogP contribution in [0.25, 0.3) is 0 Å². The fourth-order valence-electron chi connectivity index (χ4n) is 1.81. The highest BCUT2D eigenvalue weighted by atomic mass is 16.4. The number of hydrogen-bond acceptors (Lipinski definition) is 2. The fraction of sp³-hybridized carbons (Fsp3) is 0.429. The molecular formula is C14H19NO3. The van der Waals surface area contributed by atoms with Crippen LogP contribution in [0.1, 0.15) is 24.5 Å². The Kier molecular flexibility index (Phi) is 5.36. The van der Waals surface area contributed by atoms with Crippen molar-refractivity contribution in [1.82, 2.24) is 4.90 Å². The Labute approximate surface area is 107 Å². The molecule has 18 heavy (non-hydrogen) atoms. The second-order valence-electron chi connectivity index (χ2n) is 4.31. The first kappa shape index (κ1) is 14.2. The first-order valence-electron chi connectivity index (χ1n) is 6.08. The highest BCUT2D eigenvalue weighted by molar-refractivity contribution is 5.83. The molecule has 98 valence electrons. The number of amides is 1. The topological polar surface area (TPSA) is 57.6 Å². The van der Waals surface area contributed by atoms with Gasteiger partial charge in [-0.05, 0) is 24.5 Å². The third kappa shape index (κ3) is 4.20. The van der Waals surface area contributed by atoms with Gasteiger partial charge in [0.2, 0.25) is 5.91 Å². The van der Waals surface area contributed by atoms with E-state index in [0.29, 0.717) is 6.54 Å². The van der Waals surface area contributed by atoms with Crippen molar-refractivity contribution in [3.05, 3.63) is 35.4 Å². The number of nitrogens with zero attached hydrogens (tertiary/aromatic N) is 1. The summed E-state index contributed by atoms with van der Waals surface area (Å²) in [4.78, 5) is 24.2. The second kappa shape index (κ2) is 6.79. The van der Waals surface area contributed by atoms with Crippen LogP contribution < -0.4 is 0 Å². The lowest BCUT2D eigenvalue weighted by molar-refractivity contribution is -0.144. The van der Waals surface area contributed by atoms with Gasteiger partial charge in [0.1, 0.15) is 6.54 Å². The number of rotatable bonds is 6. The Bertz CT molecular complexity index is 429. The van der Waals surface area contributed by atoms with Crippen LogP contribution >= 0.6 is 0 Å². The van der Waals surface area contributed by atoms with Crippen molar-refractivity contribution < 1.29 is 14.7 Å². The predicted octanol–water partition coefficient (Wildman–Crippen LogP) is 1.86. The summed E-state index contributed by atoms with van der Waals surface area (Å²) in [7, 11) is 0. The molecule has 0 saturated heterocycles. The van der Waals surface area contributed by atoms with Crippen LogP contribution in [0.3, 0.4) is 0 Å². The first-order chi connectivity index (χ1) is 8.54. The lowest BCUT2D eigenvalue weighted by atomic mass is 10.1. The van der Waals surface area contributed by atoms with Crippen LogP contribution in [0.5, 0.6) is 0 Å². The second-order valence-corrected chi connectivity index (χ2v) is 4.31. The SMILES string of the molecule is CCCN(CC(=O)O)C(=O)Cc1ccccc1C. The van der Waals surface area contributed by atoms with E-state index in [2.05, 4.69) is 0 Å². The molecule has 0 aliphatic heterocycles. The third-order valence-corrected chi connectivity index (χ3v) is 2.78. The Morgan fingerprint density at radius 3 is 2.50 bits per heavy atom. The van der Waals surface area contributed by atoms with Gasteiger partial charge in [0, 0.05) is 6.54 Å². The van der Waals surface area contributed by atoms with E-state index in [-0.39, 0.29) is 18.9 Å². The third-order valence-electron chi connectivity index (χ3n) is 2.78. The Hall–Kier alpha value is -1.84. The molecule has 0 aliphatic carbocycles. The van der Waals surface area contributed by atoms with E-state index in [0.717, 1.165) is 17.5 Å². The van der Waals surface area contributed by atoms with E-state index in [1.54, 1.807) is 0 Å². The van der Waals surface area contributed by atoms with E-state index >= 15 is 0 Å². The zero-order valence-electron chi connectivity index (χ0n) is 10.8. The summed E-state index contributed by atoms with van der Waals surface area (Å²) in [5, 5.41) is 8.79. The number of aliphatic carboxylic acids is 1. The summed E-state index contributed by atoms with van der Waals surface area (Å²) in [6, 6.07) is 7.66. The molecule has 1 rings (SSSR count). The van der Waals surface area contributed by atoms with E-state index in [4.69, 9.17) is 5.11 Å². The molecule has 0 radical (unpaired) electrons. The van der Waals surface area contributed by atoms with Crippen LogP contribution in [-0.2, 0) is 16.0 Å². The van der Waals surface area contributed by atoms with Gasteiger partial charge in [0.05, 0.1) is 6.42 Å². The molecular weight excluding hydrogens is 230 g/mol. The molecule has 0 aromatic heterocycles. The van der Waals surface area contributed by atoms with Gasteiger partial charge < -0.3 is 10.0 Å². The molecule has 4 heteroatoms. The lowest BCUT2D eigenvalue weighted by Crippen LogP contribution is -2.37. The molecule has 0 aliphatic rings. The quantitative estimate of drug-likeness (QED) is 0.837. The summed E-state index contributed by atoms with van der Waals surface area (Å²) in [5.41, 5.74) is 2.01. The van der Waals surface area contributed by atoms with E-state index in [1.807, 2.05) is 38.1 Å². The summed E-state index contributed by atoms with van der Waals surface area (Å²) in [5.74, 6) is -1.10. The molecule has 0 saturated carbocycles. The number of hydrogen-bond donors (Lipinski definition) is 1. The van der Waals surface area contributed by atoms with Gasteiger partial charge in [-0.15, -0.1) is 0 Å². The largest absolute Gasteiger partial charge is 0.480 e. The number of carbonyl (C=O) groups excluding carboxylic acids is 1. The number of aryl methyl sites for hydroxylation is 1. The molecule has 4 nitrogen and oxygen atoms in total. The van der Waals surface area contributed by atoms with Crippen LogP contribution in [0.4, 0.5) is 0 Å². The lowest BCUT2D eigenvalue weighted by Gasteiger charge is -2.20. The molecule has 0 spiro atoms. The maximum atomic E-state index is 12.1. The molecule has 1 amide bonds. The smallest absolute Gasteiger partial charge is 0.323 e. The first-order valence-corrected chi connectivity index (χ1v) is 6.08. The number of carboxylic acid groups (broad SMARTS) is 1. The molecule has 0 atom stereocenters. The van der Waals surface area contributed by atoms with Crippen molar-refractivity contribution in [2.24, 2.45) is 0 Å². The molecule has 0 unspecified atom stereocenters. The average molecular weight is 249 g/mol. The Morgan fingerprint density at radius 1 is 1.28 bits per heavy atom. The summed E-state index contributed by atoms with van der Waals surface area (Å²) < 4.78 is 0. The minimum Gasteiger partial charge on any atom is -0.480 e. The van der Waals surface area contributed by atoms with Crippen LogP contribution in [0.2, 0.25) is 0 Å². The van der Waals surface area contributed by atoms with Crippen molar-refractivity contribution in [2.75, 3.05) is 13.1 Å². The fourth-order valence-corrected chi connectivity index (χ4v) is 1.81. The van der Waals surface area contributed by atoms with Crippen molar-refractivity contribution in [3.63, 3.8) is 0 Å². The van der Waals surface area contributed by atoms with Gasteiger partial charge in [-0.25, -0.2) is 0 Å². The van der Waals surface area contributed by atoms with Crippen molar-refractivity contribution in [2.45, 2.75) is 26.7 Å². The van der Waals surface area contributed by atoms with E-state index < -0.39 is 5.97 Å². The van der Waals surface area contributed by atoms with E-state index in [1.165, 1.54) is 4.90 Å². The molecule has 0 heterocycles. The maximum Gasteiger partial charge on any atom is 0.323 e. The standard InChI is InChI=1S/C14H19NO3/c1-3-8-15(10-14(17)18)13(16)9-12-7-5-4-6-11(12)2/h4-7H,3,8-10H2,1-2H3,(H,17,18). The normalized spacial score (nSPS) is 10.1. The van der Waals surface area contributed by atoms with Gasteiger partial charge >= 0.3 is 5.97 Å². The van der Waals surface area contributed by atoms with Crippen molar-refractivity contribution in [1.29, 1.82) is 0 Å².